The topological polar surface area (TPSA) is 49.4 Å². The highest BCUT2D eigenvalue weighted by atomic mass is 35.5. The lowest BCUT2D eigenvalue weighted by Gasteiger charge is -2.23. The number of rotatable bonds is 6. The Morgan fingerprint density at radius 2 is 1.80 bits per heavy atom. The molecule has 0 saturated carbocycles. The van der Waals surface area contributed by atoms with Gasteiger partial charge in [0.2, 0.25) is 11.8 Å². The highest BCUT2D eigenvalue weighted by Crippen LogP contribution is 2.24. The molecule has 0 aromatic heterocycles. The van der Waals surface area contributed by atoms with Gasteiger partial charge in [-0.25, -0.2) is 0 Å². The van der Waals surface area contributed by atoms with Crippen LogP contribution in [-0.2, 0) is 16.1 Å². The fourth-order valence-electron chi connectivity index (χ4n) is 2.67. The zero-order valence-corrected chi connectivity index (χ0v) is 15.6. The molecule has 0 radical (unpaired) electrons. The highest BCUT2D eigenvalue weighted by molar-refractivity contribution is 6.30. The first-order chi connectivity index (χ1) is 11.9. The molecule has 4 nitrogen and oxygen atoms in total. The van der Waals surface area contributed by atoms with E-state index in [0.717, 1.165) is 22.4 Å². The van der Waals surface area contributed by atoms with E-state index in [1.165, 1.54) is 6.92 Å². The molecule has 0 saturated heterocycles. The largest absolute Gasteiger partial charge is 0.352 e. The van der Waals surface area contributed by atoms with E-state index in [9.17, 15) is 9.59 Å². The number of aryl methyl sites for hydroxylation is 2. The average Bonchev–Trinajstić information content (AvgIpc) is 2.55. The van der Waals surface area contributed by atoms with E-state index in [1.807, 2.05) is 50.2 Å². The predicted molar refractivity (Wildman–Crippen MR) is 102 cm³/mol. The second-order valence-electron chi connectivity index (χ2n) is 6.05. The molecule has 0 aliphatic heterocycles. The van der Waals surface area contributed by atoms with Crippen molar-refractivity contribution in [1.29, 1.82) is 0 Å². The summed E-state index contributed by atoms with van der Waals surface area (Å²) >= 11 is 5.97. The zero-order chi connectivity index (χ0) is 18.4. The standard InChI is InChI=1S/C20H23ClN2O2/c1-14-6-4-5-7-17(14)13-22-20(25)10-11-23(16(3)24)19-9-8-18(21)12-15(19)2/h4-9,12H,10-11,13H2,1-3H3,(H,22,25). The minimum atomic E-state index is -0.0999. The van der Waals surface area contributed by atoms with Gasteiger partial charge in [-0.1, -0.05) is 35.9 Å². The fraction of sp³-hybridized carbons (Fsp3) is 0.300. The predicted octanol–water partition coefficient (Wildman–Crippen LogP) is 4.02. The van der Waals surface area contributed by atoms with Gasteiger partial charge in [0, 0.05) is 37.1 Å². The van der Waals surface area contributed by atoms with Crippen LogP contribution < -0.4 is 10.2 Å². The number of nitrogens with one attached hydrogen (secondary N) is 1. The lowest BCUT2D eigenvalue weighted by atomic mass is 10.1. The van der Waals surface area contributed by atoms with Crippen LogP contribution in [0.5, 0.6) is 0 Å². The number of nitrogens with zero attached hydrogens (tertiary/aromatic N) is 1. The molecular formula is C20H23ClN2O2. The van der Waals surface area contributed by atoms with E-state index in [0.29, 0.717) is 18.1 Å². The first kappa shape index (κ1) is 19.0. The number of hydrogen-bond acceptors (Lipinski definition) is 2. The van der Waals surface area contributed by atoms with Gasteiger partial charge >= 0.3 is 0 Å². The molecule has 0 bridgehead atoms. The van der Waals surface area contributed by atoms with Crippen molar-refractivity contribution in [2.24, 2.45) is 0 Å². The van der Waals surface area contributed by atoms with Crippen molar-refractivity contribution in [2.75, 3.05) is 11.4 Å². The average molecular weight is 359 g/mol. The van der Waals surface area contributed by atoms with E-state index in [-0.39, 0.29) is 18.2 Å². The van der Waals surface area contributed by atoms with Crippen LogP contribution in [0.4, 0.5) is 5.69 Å². The molecule has 132 valence electrons. The normalized spacial score (nSPS) is 10.4. The number of carbonyl (C=O) groups is 2. The summed E-state index contributed by atoms with van der Waals surface area (Å²) in [4.78, 5) is 25.7. The number of amides is 2. The lowest BCUT2D eigenvalue weighted by molar-refractivity contribution is -0.121. The Labute approximate surface area is 153 Å². The number of anilines is 1. The molecule has 0 spiro atoms. The summed E-state index contributed by atoms with van der Waals surface area (Å²) in [5.74, 6) is -0.182. The van der Waals surface area contributed by atoms with Crippen LogP contribution in [-0.4, -0.2) is 18.4 Å². The quantitative estimate of drug-likeness (QED) is 0.848. The summed E-state index contributed by atoms with van der Waals surface area (Å²) in [6.45, 7) is 6.24. The van der Waals surface area contributed by atoms with E-state index >= 15 is 0 Å². The maximum atomic E-state index is 12.2. The summed E-state index contributed by atoms with van der Waals surface area (Å²) in [6, 6.07) is 13.3. The second kappa shape index (κ2) is 8.67. The first-order valence-corrected chi connectivity index (χ1v) is 8.61. The molecule has 2 aromatic carbocycles. The minimum Gasteiger partial charge on any atom is -0.352 e. The number of carbonyl (C=O) groups excluding carboxylic acids is 2. The molecule has 2 rings (SSSR count). The maximum Gasteiger partial charge on any atom is 0.223 e. The van der Waals surface area contributed by atoms with Crippen molar-refractivity contribution in [3.8, 4) is 0 Å². The van der Waals surface area contributed by atoms with Crippen LogP contribution in [0.1, 0.15) is 30.0 Å². The molecular weight excluding hydrogens is 336 g/mol. The summed E-state index contributed by atoms with van der Waals surface area (Å²) in [7, 11) is 0. The van der Waals surface area contributed by atoms with Gasteiger partial charge in [-0.3, -0.25) is 9.59 Å². The fourth-order valence-corrected chi connectivity index (χ4v) is 2.90. The molecule has 25 heavy (non-hydrogen) atoms. The van der Waals surface area contributed by atoms with Crippen molar-refractivity contribution >= 4 is 29.1 Å². The van der Waals surface area contributed by atoms with Crippen molar-refractivity contribution in [1.82, 2.24) is 5.32 Å². The Balaban J connectivity index is 1.95. The van der Waals surface area contributed by atoms with Crippen LogP contribution in [0, 0.1) is 13.8 Å². The Bertz CT molecular complexity index is 774. The van der Waals surface area contributed by atoms with Gasteiger partial charge in [0.15, 0.2) is 0 Å². The van der Waals surface area contributed by atoms with Crippen molar-refractivity contribution < 1.29 is 9.59 Å². The van der Waals surface area contributed by atoms with E-state index in [4.69, 9.17) is 11.6 Å². The Hall–Kier alpha value is -2.33. The Morgan fingerprint density at radius 3 is 2.44 bits per heavy atom. The van der Waals surface area contributed by atoms with E-state index in [2.05, 4.69) is 5.32 Å². The van der Waals surface area contributed by atoms with Crippen molar-refractivity contribution in [3.63, 3.8) is 0 Å². The van der Waals surface area contributed by atoms with Gasteiger partial charge in [0.1, 0.15) is 0 Å². The van der Waals surface area contributed by atoms with Gasteiger partial charge in [-0.15, -0.1) is 0 Å². The van der Waals surface area contributed by atoms with E-state index in [1.54, 1.807) is 11.0 Å². The molecule has 1 N–H and O–H groups in total. The van der Waals surface area contributed by atoms with Crippen molar-refractivity contribution in [3.05, 3.63) is 64.2 Å². The number of benzene rings is 2. The van der Waals surface area contributed by atoms with Gasteiger partial charge in [-0.05, 0) is 48.7 Å². The maximum absolute atomic E-state index is 12.2. The number of halogens is 1. The summed E-state index contributed by atoms with van der Waals surface area (Å²) in [6.07, 6.45) is 0.244. The molecule has 2 aromatic rings. The monoisotopic (exact) mass is 358 g/mol. The highest BCUT2D eigenvalue weighted by Gasteiger charge is 2.15. The van der Waals surface area contributed by atoms with Crippen LogP contribution in [0.15, 0.2) is 42.5 Å². The van der Waals surface area contributed by atoms with E-state index < -0.39 is 0 Å². The van der Waals surface area contributed by atoms with Gasteiger partial charge in [0.25, 0.3) is 0 Å². The van der Waals surface area contributed by atoms with Crippen LogP contribution in [0.2, 0.25) is 5.02 Å². The number of hydrogen-bond donors (Lipinski definition) is 1. The zero-order valence-electron chi connectivity index (χ0n) is 14.8. The van der Waals surface area contributed by atoms with Crippen molar-refractivity contribution in [2.45, 2.75) is 33.7 Å². The third-order valence-corrected chi connectivity index (χ3v) is 4.36. The molecule has 0 heterocycles. The van der Waals surface area contributed by atoms with Crippen LogP contribution >= 0.6 is 11.6 Å². The molecule has 0 atom stereocenters. The lowest BCUT2D eigenvalue weighted by Crippen LogP contribution is -2.34. The van der Waals surface area contributed by atoms with Crippen LogP contribution in [0.25, 0.3) is 0 Å². The summed E-state index contributed by atoms with van der Waals surface area (Å²) in [5, 5.41) is 3.54. The third kappa shape index (κ3) is 5.33. The van der Waals surface area contributed by atoms with Gasteiger partial charge in [-0.2, -0.15) is 0 Å². The smallest absolute Gasteiger partial charge is 0.223 e. The summed E-state index contributed by atoms with van der Waals surface area (Å²) < 4.78 is 0. The van der Waals surface area contributed by atoms with Gasteiger partial charge < -0.3 is 10.2 Å². The molecule has 0 aliphatic rings. The molecule has 0 unspecified atom stereocenters. The van der Waals surface area contributed by atoms with Crippen LogP contribution in [0.3, 0.4) is 0 Å². The summed E-state index contributed by atoms with van der Waals surface area (Å²) in [5.41, 5.74) is 3.92. The third-order valence-electron chi connectivity index (χ3n) is 4.13. The second-order valence-corrected chi connectivity index (χ2v) is 6.49. The molecule has 0 aliphatic carbocycles. The minimum absolute atomic E-state index is 0.0823. The SMILES string of the molecule is CC(=O)N(CCC(=O)NCc1ccccc1C)c1ccc(Cl)cc1C. The van der Waals surface area contributed by atoms with Gasteiger partial charge in [0.05, 0.1) is 0 Å². The molecule has 5 heteroatoms. The molecule has 0 fully saturated rings. The Kier molecular flexibility index (Phi) is 6.59. The first-order valence-electron chi connectivity index (χ1n) is 8.24. The Morgan fingerprint density at radius 1 is 1.08 bits per heavy atom. The molecule has 2 amide bonds.